The van der Waals surface area contributed by atoms with Crippen LogP contribution in [0.5, 0.6) is 0 Å². The second kappa shape index (κ2) is 4.49. The van der Waals surface area contributed by atoms with Crippen molar-refractivity contribution in [3.05, 3.63) is 35.9 Å². The standard InChI is InChI=1S/C13H16N4/c1-8(2)13-16-11(9(3)12(14)17-13)10-5-4-6-15-7-10/h4-8H,1-3H3,(H2,14,16,17). The molecule has 4 heteroatoms. The van der Waals surface area contributed by atoms with Crippen LogP contribution in [0, 0.1) is 6.92 Å². The molecule has 2 aromatic heterocycles. The molecule has 0 saturated carbocycles. The van der Waals surface area contributed by atoms with E-state index in [1.54, 1.807) is 12.4 Å². The molecule has 0 saturated heterocycles. The van der Waals surface area contributed by atoms with Crippen LogP contribution in [-0.4, -0.2) is 15.0 Å². The number of hydrogen-bond acceptors (Lipinski definition) is 4. The lowest BCUT2D eigenvalue weighted by Crippen LogP contribution is -2.06. The summed E-state index contributed by atoms with van der Waals surface area (Å²) in [5, 5.41) is 0. The molecule has 0 aromatic carbocycles. The summed E-state index contributed by atoms with van der Waals surface area (Å²) >= 11 is 0. The molecule has 0 aliphatic rings. The molecule has 0 spiro atoms. The van der Waals surface area contributed by atoms with Gasteiger partial charge in [0.25, 0.3) is 0 Å². The summed E-state index contributed by atoms with van der Waals surface area (Å²) in [5.41, 5.74) is 8.67. The van der Waals surface area contributed by atoms with Crippen LogP contribution >= 0.6 is 0 Å². The predicted octanol–water partition coefficient (Wildman–Crippen LogP) is 2.55. The van der Waals surface area contributed by atoms with Gasteiger partial charge in [0.2, 0.25) is 0 Å². The van der Waals surface area contributed by atoms with E-state index in [1.165, 1.54) is 0 Å². The van der Waals surface area contributed by atoms with E-state index in [0.717, 1.165) is 22.6 Å². The van der Waals surface area contributed by atoms with Crippen molar-refractivity contribution in [1.29, 1.82) is 0 Å². The number of nitrogen functional groups attached to an aromatic ring is 1. The Kier molecular flexibility index (Phi) is 3.04. The SMILES string of the molecule is Cc1c(N)nc(C(C)C)nc1-c1cccnc1. The van der Waals surface area contributed by atoms with Crippen LogP contribution < -0.4 is 5.73 Å². The van der Waals surface area contributed by atoms with E-state index in [9.17, 15) is 0 Å². The van der Waals surface area contributed by atoms with E-state index in [-0.39, 0.29) is 5.92 Å². The molecular formula is C13H16N4. The first-order chi connectivity index (χ1) is 8.09. The van der Waals surface area contributed by atoms with E-state index < -0.39 is 0 Å². The van der Waals surface area contributed by atoms with Crippen LogP contribution in [0.1, 0.15) is 31.2 Å². The molecule has 2 aromatic rings. The number of hydrogen-bond donors (Lipinski definition) is 1. The minimum atomic E-state index is 0.258. The molecule has 0 unspecified atom stereocenters. The lowest BCUT2D eigenvalue weighted by atomic mass is 10.1. The zero-order valence-corrected chi connectivity index (χ0v) is 10.3. The molecule has 88 valence electrons. The van der Waals surface area contributed by atoms with Gasteiger partial charge >= 0.3 is 0 Å². The molecule has 17 heavy (non-hydrogen) atoms. The van der Waals surface area contributed by atoms with E-state index in [2.05, 4.69) is 28.8 Å². The zero-order valence-electron chi connectivity index (χ0n) is 10.3. The summed E-state index contributed by atoms with van der Waals surface area (Å²) in [4.78, 5) is 13.0. The maximum Gasteiger partial charge on any atom is 0.133 e. The fraction of sp³-hybridized carbons (Fsp3) is 0.308. The number of rotatable bonds is 2. The quantitative estimate of drug-likeness (QED) is 0.857. The fourth-order valence-electron chi connectivity index (χ4n) is 1.59. The summed E-state index contributed by atoms with van der Waals surface area (Å²) in [6.45, 7) is 6.04. The molecule has 0 atom stereocenters. The van der Waals surface area contributed by atoms with E-state index in [4.69, 9.17) is 5.73 Å². The van der Waals surface area contributed by atoms with E-state index in [0.29, 0.717) is 5.82 Å². The Morgan fingerprint density at radius 3 is 2.59 bits per heavy atom. The lowest BCUT2D eigenvalue weighted by Gasteiger charge is -2.11. The van der Waals surface area contributed by atoms with Crippen molar-refractivity contribution in [2.75, 3.05) is 5.73 Å². The van der Waals surface area contributed by atoms with Gasteiger partial charge in [-0.3, -0.25) is 4.98 Å². The molecule has 0 bridgehead atoms. The van der Waals surface area contributed by atoms with Crippen molar-refractivity contribution >= 4 is 5.82 Å². The van der Waals surface area contributed by atoms with Crippen molar-refractivity contribution in [3.8, 4) is 11.3 Å². The maximum absolute atomic E-state index is 5.93. The minimum Gasteiger partial charge on any atom is -0.383 e. The number of anilines is 1. The van der Waals surface area contributed by atoms with Crippen LogP contribution in [0.25, 0.3) is 11.3 Å². The fourth-order valence-corrected chi connectivity index (χ4v) is 1.59. The summed E-state index contributed by atoms with van der Waals surface area (Å²) in [7, 11) is 0. The monoisotopic (exact) mass is 228 g/mol. The highest BCUT2D eigenvalue weighted by molar-refractivity contribution is 5.66. The van der Waals surface area contributed by atoms with Gasteiger partial charge in [0, 0.05) is 29.4 Å². The molecule has 2 N–H and O–H groups in total. The lowest BCUT2D eigenvalue weighted by molar-refractivity contribution is 0.776. The molecular weight excluding hydrogens is 212 g/mol. The first-order valence-corrected chi connectivity index (χ1v) is 5.64. The molecule has 0 radical (unpaired) electrons. The maximum atomic E-state index is 5.93. The molecule has 0 amide bonds. The minimum absolute atomic E-state index is 0.258. The largest absolute Gasteiger partial charge is 0.383 e. The third-order valence-corrected chi connectivity index (χ3v) is 2.65. The van der Waals surface area contributed by atoms with Gasteiger partial charge < -0.3 is 5.73 Å². The Hall–Kier alpha value is -1.97. The van der Waals surface area contributed by atoms with Crippen LogP contribution in [0.15, 0.2) is 24.5 Å². The van der Waals surface area contributed by atoms with E-state index in [1.807, 2.05) is 19.1 Å². The zero-order chi connectivity index (χ0) is 12.4. The van der Waals surface area contributed by atoms with Crippen molar-refractivity contribution in [1.82, 2.24) is 15.0 Å². The highest BCUT2D eigenvalue weighted by Crippen LogP contribution is 2.25. The number of pyridine rings is 1. The van der Waals surface area contributed by atoms with Gasteiger partial charge in [0.1, 0.15) is 11.6 Å². The van der Waals surface area contributed by atoms with Crippen molar-refractivity contribution in [2.45, 2.75) is 26.7 Å². The molecule has 0 aliphatic heterocycles. The van der Waals surface area contributed by atoms with Crippen LogP contribution in [0.3, 0.4) is 0 Å². The second-order valence-electron chi connectivity index (χ2n) is 4.34. The van der Waals surface area contributed by atoms with Gasteiger partial charge in [0.05, 0.1) is 5.69 Å². The van der Waals surface area contributed by atoms with Crippen molar-refractivity contribution < 1.29 is 0 Å². The van der Waals surface area contributed by atoms with Crippen LogP contribution in [0.2, 0.25) is 0 Å². The average Bonchev–Trinajstić information content (AvgIpc) is 2.33. The molecule has 2 rings (SSSR count). The van der Waals surface area contributed by atoms with Gasteiger partial charge in [0.15, 0.2) is 0 Å². The van der Waals surface area contributed by atoms with Crippen LogP contribution in [0.4, 0.5) is 5.82 Å². The second-order valence-corrected chi connectivity index (χ2v) is 4.34. The normalized spacial score (nSPS) is 10.8. The molecule has 2 heterocycles. The molecule has 4 nitrogen and oxygen atoms in total. The third-order valence-electron chi connectivity index (χ3n) is 2.65. The topological polar surface area (TPSA) is 64.7 Å². The van der Waals surface area contributed by atoms with Gasteiger partial charge in [-0.1, -0.05) is 13.8 Å². The number of aromatic nitrogens is 3. The molecule has 0 aliphatic carbocycles. The Morgan fingerprint density at radius 2 is 2.00 bits per heavy atom. The van der Waals surface area contributed by atoms with E-state index >= 15 is 0 Å². The highest BCUT2D eigenvalue weighted by atomic mass is 15.0. The molecule has 0 fully saturated rings. The summed E-state index contributed by atoms with van der Waals surface area (Å²) in [6, 6.07) is 3.87. The Labute approximate surface area is 101 Å². The summed E-state index contributed by atoms with van der Waals surface area (Å²) in [5.74, 6) is 1.57. The predicted molar refractivity (Wildman–Crippen MR) is 68.5 cm³/mol. The van der Waals surface area contributed by atoms with Gasteiger partial charge in [-0.25, -0.2) is 9.97 Å². The first-order valence-electron chi connectivity index (χ1n) is 5.64. The smallest absolute Gasteiger partial charge is 0.133 e. The highest BCUT2D eigenvalue weighted by Gasteiger charge is 2.12. The van der Waals surface area contributed by atoms with Gasteiger partial charge in [-0.2, -0.15) is 0 Å². The Balaban J connectivity index is 2.61. The van der Waals surface area contributed by atoms with Crippen molar-refractivity contribution in [3.63, 3.8) is 0 Å². The van der Waals surface area contributed by atoms with Gasteiger partial charge in [-0.05, 0) is 19.1 Å². The number of nitrogens with zero attached hydrogens (tertiary/aromatic N) is 3. The average molecular weight is 228 g/mol. The van der Waals surface area contributed by atoms with Gasteiger partial charge in [-0.15, -0.1) is 0 Å². The van der Waals surface area contributed by atoms with Crippen LogP contribution in [-0.2, 0) is 0 Å². The Morgan fingerprint density at radius 1 is 1.24 bits per heavy atom. The summed E-state index contributed by atoms with van der Waals surface area (Å²) < 4.78 is 0. The third kappa shape index (κ3) is 2.25. The summed E-state index contributed by atoms with van der Waals surface area (Å²) in [6.07, 6.45) is 3.53. The Bertz CT molecular complexity index is 520. The number of nitrogens with two attached hydrogens (primary N) is 1. The first kappa shape index (κ1) is 11.5. The van der Waals surface area contributed by atoms with Crippen molar-refractivity contribution in [2.24, 2.45) is 0 Å².